The van der Waals surface area contributed by atoms with Gasteiger partial charge in [-0.05, 0) is 43.7 Å². The lowest BCUT2D eigenvalue weighted by atomic mass is 10.2. The van der Waals surface area contributed by atoms with Crippen molar-refractivity contribution < 1.29 is 9.59 Å². The van der Waals surface area contributed by atoms with Gasteiger partial charge in [0.05, 0.1) is 5.75 Å². The Morgan fingerprint density at radius 1 is 1.12 bits per heavy atom. The van der Waals surface area contributed by atoms with Crippen molar-refractivity contribution in [2.45, 2.75) is 43.5 Å². The van der Waals surface area contributed by atoms with Crippen molar-refractivity contribution in [3.8, 4) is 0 Å². The zero-order valence-electron chi connectivity index (χ0n) is 18.6. The third-order valence-electron chi connectivity index (χ3n) is 5.75. The molecule has 4 rings (SSSR count). The Labute approximate surface area is 197 Å². The molecule has 0 atom stereocenters. The molecule has 2 aromatic rings. The molecule has 8 nitrogen and oxygen atoms in total. The predicted molar refractivity (Wildman–Crippen MR) is 131 cm³/mol. The number of rotatable bonds is 9. The lowest BCUT2D eigenvalue weighted by molar-refractivity contribution is -0.118. The molecule has 32 heavy (non-hydrogen) atoms. The molecule has 1 aliphatic heterocycles. The number of aromatic nitrogens is 2. The third-order valence-corrected chi connectivity index (χ3v) is 7.80. The molecule has 0 bridgehead atoms. The van der Waals surface area contributed by atoms with Gasteiger partial charge in [-0.15, -0.1) is 10.2 Å². The Balaban J connectivity index is 1.25. The molecule has 10 heteroatoms. The van der Waals surface area contributed by atoms with Gasteiger partial charge < -0.3 is 15.1 Å². The maximum absolute atomic E-state index is 12.4. The Morgan fingerprint density at radius 3 is 2.47 bits per heavy atom. The molecule has 1 saturated heterocycles. The summed E-state index contributed by atoms with van der Waals surface area (Å²) in [5.41, 5.74) is 1.98. The maximum Gasteiger partial charge on any atom is 0.234 e. The van der Waals surface area contributed by atoms with E-state index in [1.807, 2.05) is 19.1 Å². The van der Waals surface area contributed by atoms with E-state index >= 15 is 0 Å². The zero-order valence-corrected chi connectivity index (χ0v) is 20.3. The van der Waals surface area contributed by atoms with E-state index in [2.05, 4.69) is 44.4 Å². The minimum absolute atomic E-state index is 0.0774. The summed E-state index contributed by atoms with van der Waals surface area (Å²) >= 11 is 2.73. The van der Waals surface area contributed by atoms with Crippen molar-refractivity contribution in [2.24, 2.45) is 0 Å². The summed E-state index contributed by atoms with van der Waals surface area (Å²) in [5, 5.41) is 11.9. The number of carbonyl (C=O) groups is 2. The highest BCUT2D eigenvalue weighted by atomic mass is 32.2. The number of amides is 2. The third kappa shape index (κ3) is 5.79. The first kappa shape index (κ1) is 23.0. The number of nitrogens with zero attached hydrogens (tertiary/aromatic N) is 5. The minimum atomic E-state index is -0.0836. The number of likely N-dealkylation sites (N-methyl/N-ethyl adjacent to an activating group) is 1. The highest BCUT2D eigenvalue weighted by Gasteiger charge is 2.35. The molecular formula is C22H30N6O2S2. The van der Waals surface area contributed by atoms with Crippen molar-refractivity contribution in [2.75, 3.05) is 53.6 Å². The Hall–Kier alpha value is -2.17. The van der Waals surface area contributed by atoms with Gasteiger partial charge in [0.25, 0.3) is 0 Å². The number of anilines is 3. The fourth-order valence-electron chi connectivity index (χ4n) is 3.73. The van der Waals surface area contributed by atoms with Crippen molar-refractivity contribution >= 4 is 51.4 Å². The first-order valence-corrected chi connectivity index (χ1v) is 13.0. The van der Waals surface area contributed by atoms with Crippen LogP contribution in [0.4, 0.5) is 16.5 Å². The van der Waals surface area contributed by atoms with Crippen LogP contribution in [0.25, 0.3) is 0 Å². The van der Waals surface area contributed by atoms with Crippen LogP contribution in [0.5, 0.6) is 0 Å². The standard InChI is InChI=1S/C22H30N6O2S2/c1-3-20(30)28(18-9-10-18)21-24-25-22(32-21)31-15-19(29)23-16-5-7-17(8-6-16)27-13-11-26(4-2)12-14-27/h5-8,18H,3-4,9-15H2,1-2H3,(H,23,29). The van der Waals surface area contributed by atoms with Crippen molar-refractivity contribution in [1.82, 2.24) is 15.1 Å². The van der Waals surface area contributed by atoms with E-state index in [4.69, 9.17) is 0 Å². The molecule has 1 aliphatic carbocycles. The Morgan fingerprint density at radius 2 is 1.84 bits per heavy atom. The SMILES string of the molecule is CCC(=O)N(c1nnc(SCC(=O)Nc2ccc(N3CCN(CC)CC3)cc2)s1)C1CC1. The number of hydrogen-bond donors (Lipinski definition) is 1. The van der Waals surface area contributed by atoms with Gasteiger partial charge in [-0.2, -0.15) is 0 Å². The van der Waals surface area contributed by atoms with Crippen LogP contribution in [0.1, 0.15) is 33.1 Å². The van der Waals surface area contributed by atoms with E-state index in [1.54, 1.807) is 4.90 Å². The normalized spacial score (nSPS) is 16.8. The summed E-state index contributed by atoms with van der Waals surface area (Å²) < 4.78 is 0.700. The molecule has 172 valence electrons. The molecule has 0 unspecified atom stereocenters. The second kappa shape index (κ2) is 10.6. The lowest BCUT2D eigenvalue weighted by Crippen LogP contribution is -2.46. The van der Waals surface area contributed by atoms with Gasteiger partial charge in [-0.1, -0.05) is 36.9 Å². The molecule has 2 heterocycles. The number of nitrogens with one attached hydrogen (secondary N) is 1. The molecule has 0 spiro atoms. The molecule has 2 fully saturated rings. The van der Waals surface area contributed by atoms with E-state index in [0.717, 1.165) is 51.3 Å². The first-order valence-electron chi connectivity index (χ1n) is 11.2. The maximum atomic E-state index is 12.4. The van der Waals surface area contributed by atoms with Gasteiger partial charge in [-0.3, -0.25) is 14.5 Å². The quantitative estimate of drug-likeness (QED) is 0.441. The number of piperazine rings is 1. The molecule has 2 amide bonds. The average Bonchev–Trinajstić information content (AvgIpc) is 3.55. The molecule has 1 aromatic heterocycles. The van der Waals surface area contributed by atoms with E-state index in [0.29, 0.717) is 15.9 Å². The van der Waals surface area contributed by atoms with Crippen LogP contribution in [0.3, 0.4) is 0 Å². The van der Waals surface area contributed by atoms with Crippen LogP contribution in [0.2, 0.25) is 0 Å². The highest BCUT2D eigenvalue weighted by molar-refractivity contribution is 8.01. The van der Waals surface area contributed by atoms with Crippen LogP contribution in [0, 0.1) is 0 Å². The molecule has 1 saturated carbocycles. The topological polar surface area (TPSA) is 81.7 Å². The Kier molecular flexibility index (Phi) is 7.64. The fourth-order valence-corrected chi connectivity index (χ4v) is 5.46. The summed E-state index contributed by atoms with van der Waals surface area (Å²) in [4.78, 5) is 31.2. The van der Waals surface area contributed by atoms with E-state index in [-0.39, 0.29) is 23.6 Å². The monoisotopic (exact) mass is 474 g/mol. The number of hydrogen-bond acceptors (Lipinski definition) is 8. The van der Waals surface area contributed by atoms with Crippen molar-refractivity contribution in [1.29, 1.82) is 0 Å². The summed E-state index contributed by atoms with van der Waals surface area (Å²) in [5.74, 6) is 0.244. The van der Waals surface area contributed by atoms with Crippen LogP contribution in [-0.2, 0) is 9.59 Å². The van der Waals surface area contributed by atoms with Gasteiger partial charge in [0.2, 0.25) is 16.9 Å². The first-order chi connectivity index (χ1) is 15.6. The molecule has 2 aliphatic rings. The van der Waals surface area contributed by atoms with Gasteiger partial charge in [0, 0.05) is 50.0 Å². The summed E-state index contributed by atoms with van der Waals surface area (Å²) in [7, 11) is 0. The highest BCUT2D eigenvalue weighted by Crippen LogP contribution is 2.36. The van der Waals surface area contributed by atoms with E-state index in [9.17, 15) is 9.59 Å². The van der Waals surface area contributed by atoms with E-state index in [1.165, 1.54) is 28.8 Å². The zero-order chi connectivity index (χ0) is 22.5. The molecule has 0 radical (unpaired) electrons. The summed E-state index contributed by atoms with van der Waals surface area (Å²) in [6.45, 7) is 9.40. The van der Waals surface area contributed by atoms with Crippen LogP contribution < -0.4 is 15.1 Å². The van der Waals surface area contributed by atoms with Gasteiger partial charge in [0.1, 0.15) is 0 Å². The van der Waals surface area contributed by atoms with Crippen LogP contribution >= 0.6 is 23.1 Å². The molecule has 1 N–H and O–H groups in total. The number of benzene rings is 1. The molecular weight excluding hydrogens is 444 g/mol. The molecule has 1 aromatic carbocycles. The fraction of sp³-hybridized carbons (Fsp3) is 0.545. The number of carbonyl (C=O) groups excluding carboxylic acids is 2. The Bertz CT molecular complexity index is 923. The second-order valence-corrected chi connectivity index (χ2v) is 10.2. The van der Waals surface area contributed by atoms with Gasteiger partial charge in [-0.25, -0.2) is 0 Å². The van der Waals surface area contributed by atoms with Gasteiger partial charge in [0.15, 0.2) is 4.34 Å². The van der Waals surface area contributed by atoms with Gasteiger partial charge >= 0.3 is 0 Å². The van der Waals surface area contributed by atoms with Crippen molar-refractivity contribution in [3.05, 3.63) is 24.3 Å². The van der Waals surface area contributed by atoms with Crippen LogP contribution in [0.15, 0.2) is 28.6 Å². The lowest BCUT2D eigenvalue weighted by Gasteiger charge is -2.35. The van der Waals surface area contributed by atoms with Crippen LogP contribution in [-0.4, -0.2) is 71.4 Å². The predicted octanol–water partition coefficient (Wildman–Crippen LogP) is 3.32. The smallest absolute Gasteiger partial charge is 0.234 e. The van der Waals surface area contributed by atoms with E-state index < -0.39 is 0 Å². The summed E-state index contributed by atoms with van der Waals surface area (Å²) in [6.07, 6.45) is 2.49. The van der Waals surface area contributed by atoms with Crippen molar-refractivity contribution in [3.63, 3.8) is 0 Å². The minimum Gasteiger partial charge on any atom is -0.369 e. The largest absolute Gasteiger partial charge is 0.369 e. The second-order valence-electron chi connectivity index (χ2n) is 8.00. The average molecular weight is 475 g/mol. The number of thioether (sulfide) groups is 1. The summed E-state index contributed by atoms with van der Waals surface area (Å²) in [6, 6.07) is 8.31.